The number of likely N-dealkylation sites (tertiary alicyclic amines) is 1. The van der Waals surface area contributed by atoms with Crippen molar-refractivity contribution in [3.05, 3.63) is 34.9 Å². The van der Waals surface area contributed by atoms with Gasteiger partial charge in [0.15, 0.2) is 0 Å². The Kier molecular flexibility index (Phi) is 7.42. The van der Waals surface area contributed by atoms with Gasteiger partial charge in [0.25, 0.3) is 0 Å². The molecule has 2 aliphatic rings. The molecule has 1 N–H and O–H groups in total. The summed E-state index contributed by atoms with van der Waals surface area (Å²) >= 11 is 0. The molecule has 1 saturated carbocycles. The first-order valence-electron chi connectivity index (χ1n) is 11.5. The molecule has 33 heavy (non-hydrogen) atoms. The summed E-state index contributed by atoms with van der Waals surface area (Å²) in [4.78, 5) is 15.7. The molecule has 1 saturated heterocycles. The summed E-state index contributed by atoms with van der Waals surface area (Å²) < 4.78 is 78.8. The van der Waals surface area contributed by atoms with Crippen molar-refractivity contribution in [1.29, 1.82) is 0 Å². The van der Waals surface area contributed by atoms with Crippen LogP contribution in [-0.2, 0) is 23.7 Å². The van der Waals surface area contributed by atoms with E-state index in [0.29, 0.717) is 30.9 Å². The normalized spacial score (nSPS) is 27.2. The van der Waals surface area contributed by atoms with Crippen LogP contribution in [0.3, 0.4) is 0 Å². The second kappa shape index (κ2) is 9.47. The van der Waals surface area contributed by atoms with Crippen LogP contribution in [0.1, 0.15) is 69.6 Å². The molecule has 1 aliphatic carbocycles. The lowest BCUT2D eigenvalue weighted by atomic mass is 9.74. The van der Waals surface area contributed by atoms with Crippen molar-refractivity contribution < 1.29 is 31.1 Å². The fraction of sp³-hybridized carbons (Fsp3) is 0.708. The maximum absolute atomic E-state index is 13.3. The number of piperidine rings is 1. The van der Waals surface area contributed by atoms with E-state index in [-0.39, 0.29) is 36.0 Å². The first-order chi connectivity index (χ1) is 15.2. The van der Waals surface area contributed by atoms with Gasteiger partial charge in [-0.1, -0.05) is 20.8 Å². The summed E-state index contributed by atoms with van der Waals surface area (Å²) in [6.45, 7) is 7.72. The fourth-order valence-corrected chi connectivity index (χ4v) is 5.39. The van der Waals surface area contributed by atoms with Crippen LogP contribution in [0.15, 0.2) is 18.2 Å². The molecule has 186 valence electrons. The molecule has 0 bridgehead atoms. The Labute approximate surface area is 190 Å². The lowest BCUT2D eigenvalue weighted by molar-refractivity contribution is -0.143. The van der Waals surface area contributed by atoms with E-state index >= 15 is 0 Å². The van der Waals surface area contributed by atoms with Crippen LogP contribution < -0.4 is 5.32 Å². The van der Waals surface area contributed by atoms with E-state index in [1.165, 1.54) is 6.42 Å². The van der Waals surface area contributed by atoms with Crippen LogP contribution in [-0.4, -0.2) is 29.9 Å². The average Bonchev–Trinajstić information content (AvgIpc) is 3.17. The Hall–Kier alpha value is -1.77. The highest BCUT2D eigenvalue weighted by molar-refractivity contribution is 5.83. The van der Waals surface area contributed by atoms with Crippen molar-refractivity contribution in [2.75, 3.05) is 13.1 Å². The van der Waals surface area contributed by atoms with Crippen molar-refractivity contribution >= 4 is 5.91 Å². The van der Waals surface area contributed by atoms with Crippen LogP contribution in [0.2, 0.25) is 0 Å². The van der Waals surface area contributed by atoms with Gasteiger partial charge < -0.3 is 10.2 Å². The zero-order valence-electron chi connectivity index (χ0n) is 19.2. The van der Waals surface area contributed by atoms with Crippen molar-refractivity contribution in [3.8, 4) is 0 Å². The van der Waals surface area contributed by atoms with E-state index < -0.39 is 28.9 Å². The van der Waals surface area contributed by atoms with Crippen molar-refractivity contribution in [2.45, 2.75) is 77.8 Å². The molecule has 0 spiro atoms. The monoisotopic (exact) mass is 478 g/mol. The molecule has 1 aromatic rings. The molecule has 0 radical (unpaired) electrons. The minimum Gasteiger partial charge on any atom is -0.352 e. The fourth-order valence-electron chi connectivity index (χ4n) is 5.39. The van der Waals surface area contributed by atoms with Gasteiger partial charge in [0.05, 0.1) is 16.5 Å². The largest absolute Gasteiger partial charge is 0.416 e. The predicted molar refractivity (Wildman–Crippen MR) is 113 cm³/mol. The molecule has 3 nitrogen and oxygen atoms in total. The van der Waals surface area contributed by atoms with E-state index in [4.69, 9.17) is 0 Å². The third-order valence-corrected chi connectivity index (χ3v) is 7.39. The maximum Gasteiger partial charge on any atom is 0.416 e. The summed E-state index contributed by atoms with van der Waals surface area (Å²) in [6, 6.07) is 1.71. The smallest absolute Gasteiger partial charge is 0.352 e. The van der Waals surface area contributed by atoms with Crippen LogP contribution in [0.25, 0.3) is 0 Å². The van der Waals surface area contributed by atoms with Gasteiger partial charge in [0, 0.05) is 19.1 Å². The summed E-state index contributed by atoms with van der Waals surface area (Å²) in [7, 11) is 0. The number of nitrogens with zero attached hydrogens (tertiary/aromatic N) is 1. The van der Waals surface area contributed by atoms with Crippen molar-refractivity contribution in [2.24, 2.45) is 17.3 Å². The highest BCUT2D eigenvalue weighted by atomic mass is 19.4. The number of hydrogen-bond donors (Lipinski definition) is 1. The van der Waals surface area contributed by atoms with E-state index in [2.05, 4.69) is 17.1 Å². The number of hydrogen-bond acceptors (Lipinski definition) is 2. The number of carbonyl (C=O) groups is 1. The lowest BCUT2D eigenvalue weighted by Crippen LogP contribution is -2.46. The number of carbonyl (C=O) groups excluding carboxylic acids is 1. The summed E-state index contributed by atoms with van der Waals surface area (Å²) in [5.74, 6) is 0.304. The molecular weight excluding hydrogens is 446 g/mol. The Morgan fingerprint density at radius 2 is 1.70 bits per heavy atom. The Balaban J connectivity index is 1.76. The SMILES string of the molecule is CC1CCCN(C2CCC(C(=O)NCc3cc(C(F)(F)F)cc(C(F)(F)F)c3)(C(C)C)C2)C1. The molecular formula is C24H32F6N2O. The summed E-state index contributed by atoms with van der Waals surface area (Å²) in [6.07, 6.45) is -5.35. The zero-order valence-corrected chi connectivity index (χ0v) is 19.2. The number of halogens is 6. The zero-order chi connectivity index (χ0) is 24.6. The molecule has 0 aromatic heterocycles. The third-order valence-electron chi connectivity index (χ3n) is 7.39. The minimum absolute atomic E-state index is 0.00282. The van der Waals surface area contributed by atoms with Crippen LogP contribution in [0, 0.1) is 17.3 Å². The molecule has 1 amide bonds. The Bertz CT molecular complexity index is 818. The van der Waals surface area contributed by atoms with Gasteiger partial charge in [0.2, 0.25) is 5.91 Å². The quantitative estimate of drug-likeness (QED) is 0.506. The Morgan fingerprint density at radius 1 is 1.09 bits per heavy atom. The van der Waals surface area contributed by atoms with E-state index in [9.17, 15) is 31.1 Å². The van der Waals surface area contributed by atoms with Gasteiger partial charge in [-0.15, -0.1) is 0 Å². The number of benzene rings is 1. The molecule has 9 heteroatoms. The second-order valence-corrected chi connectivity index (χ2v) is 10.0. The van der Waals surface area contributed by atoms with Gasteiger partial charge in [-0.25, -0.2) is 0 Å². The van der Waals surface area contributed by atoms with Crippen LogP contribution in [0.5, 0.6) is 0 Å². The molecule has 1 aromatic carbocycles. The molecule has 3 unspecified atom stereocenters. The van der Waals surface area contributed by atoms with Crippen molar-refractivity contribution in [1.82, 2.24) is 10.2 Å². The lowest BCUT2D eigenvalue weighted by Gasteiger charge is -2.38. The van der Waals surface area contributed by atoms with Crippen molar-refractivity contribution in [3.63, 3.8) is 0 Å². The first-order valence-corrected chi connectivity index (χ1v) is 11.5. The number of nitrogens with one attached hydrogen (secondary N) is 1. The van der Waals surface area contributed by atoms with E-state index in [1.54, 1.807) is 0 Å². The van der Waals surface area contributed by atoms with E-state index in [1.807, 2.05) is 13.8 Å². The van der Waals surface area contributed by atoms with Gasteiger partial charge in [-0.3, -0.25) is 4.79 Å². The average molecular weight is 479 g/mol. The summed E-state index contributed by atoms with van der Waals surface area (Å²) in [5, 5.41) is 2.66. The van der Waals surface area contributed by atoms with Gasteiger partial charge in [0.1, 0.15) is 0 Å². The van der Waals surface area contributed by atoms with E-state index in [0.717, 1.165) is 25.9 Å². The third kappa shape index (κ3) is 5.84. The van der Waals surface area contributed by atoms with Crippen LogP contribution >= 0.6 is 0 Å². The molecule has 1 aliphatic heterocycles. The highest BCUT2D eigenvalue weighted by Crippen LogP contribution is 2.47. The Morgan fingerprint density at radius 3 is 2.21 bits per heavy atom. The second-order valence-electron chi connectivity index (χ2n) is 10.0. The minimum atomic E-state index is -4.91. The number of alkyl halides is 6. The van der Waals surface area contributed by atoms with Crippen LogP contribution in [0.4, 0.5) is 26.3 Å². The topological polar surface area (TPSA) is 32.3 Å². The highest BCUT2D eigenvalue weighted by Gasteiger charge is 2.49. The molecule has 3 rings (SSSR count). The standard InChI is InChI=1S/C24H32F6N2O/c1-15(2)22(7-6-20(12-22)32-8-4-5-16(3)14-32)21(33)31-13-17-9-18(23(25,26)27)11-19(10-17)24(28,29)30/h9-11,15-16,20H,4-8,12-14H2,1-3H3,(H,31,33). The summed E-state index contributed by atoms with van der Waals surface area (Å²) in [5.41, 5.74) is -3.65. The van der Waals surface area contributed by atoms with Gasteiger partial charge in [-0.2, -0.15) is 26.3 Å². The van der Waals surface area contributed by atoms with Gasteiger partial charge >= 0.3 is 12.4 Å². The predicted octanol–water partition coefficient (Wildman–Crippen LogP) is 6.27. The maximum atomic E-state index is 13.3. The molecule has 1 heterocycles. The molecule has 3 atom stereocenters. The number of amides is 1. The number of rotatable bonds is 5. The van der Waals surface area contributed by atoms with Gasteiger partial charge in [-0.05, 0) is 74.2 Å². The molecule has 2 fully saturated rings. The first kappa shape index (κ1) is 25.8.